The van der Waals surface area contributed by atoms with Gasteiger partial charge in [0, 0.05) is 29.7 Å². The highest BCUT2D eigenvalue weighted by atomic mass is 35.5. The first kappa shape index (κ1) is 29.1. The van der Waals surface area contributed by atoms with Gasteiger partial charge in [-0.05, 0) is 37.5 Å². The zero-order valence-electron chi connectivity index (χ0n) is 20.7. The lowest BCUT2D eigenvalue weighted by Gasteiger charge is -2.33. The molecule has 0 aromatic heterocycles. The molecule has 12 heteroatoms. The number of carbonyl (C=O) groups is 2. The van der Waals surface area contributed by atoms with Gasteiger partial charge in [0.2, 0.25) is 21.8 Å². The Morgan fingerprint density at radius 2 is 1.78 bits per heavy atom. The maximum atomic E-state index is 13.6. The van der Waals surface area contributed by atoms with Crippen molar-refractivity contribution in [3.8, 4) is 0 Å². The standard InChI is InChI=1S/C24H31ClN4O6S/c1-5-17(3)26-24(31)22(6-2)27(15-18-10-7-8-13-21(18)25)23(30)16-28(36(4,34)35)19-11-9-12-20(14-19)29(32)33/h7-14,17,22H,5-6,15-16H2,1-4H3,(H,26,31)/t17-,22-/m1/s1. The third kappa shape index (κ3) is 7.66. The highest BCUT2D eigenvalue weighted by molar-refractivity contribution is 7.92. The number of non-ortho nitro benzene ring substituents is 1. The van der Waals surface area contributed by atoms with E-state index in [9.17, 15) is 28.1 Å². The van der Waals surface area contributed by atoms with Crippen LogP contribution >= 0.6 is 11.6 Å². The van der Waals surface area contributed by atoms with Crippen LogP contribution < -0.4 is 9.62 Å². The molecule has 2 atom stereocenters. The summed E-state index contributed by atoms with van der Waals surface area (Å²) >= 11 is 6.32. The molecule has 0 saturated heterocycles. The van der Waals surface area contributed by atoms with Crippen molar-refractivity contribution in [2.75, 3.05) is 17.1 Å². The maximum absolute atomic E-state index is 13.6. The lowest BCUT2D eigenvalue weighted by molar-refractivity contribution is -0.384. The van der Waals surface area contributed by atoms with Gasteiger partial charge in [-0.3, -0.25) is 24.0 Å². The van der Waals surface area contributed by atoms with Crippen molar-refractivity contribution in [2.24, 2.45) is 0 Å². The molecule has 2 aromatic carbocycles. The second-order valence-corrected chi connectivity index (χ2v) is 10.7. The predicted molar refractivity (Wildman–Crippen MR) is 139 cm³/mol. The van der Waals surface area contributed by atoms with E-state index < -0.39 is 33.4 Å². The van der Waals surface area contributed by atoms with Gasteiger partial charge in [0.05, 0.1) is 16.9 Å². The summed E-state index contributed by atoms with van der Waals surface area (Å²) in [6.07, 6.45) is 1.87. The Hall–Kier alpha value is -3.18. The molecule has 196 valence electrons. The van der Waals surface area contributed by atoms with Gasteiger partial charge in [0.15, 0.2) is 0 Å². The number of sulfonamides is 1. The average Bonchev–Trinajstić information content (AvgIpc) is 2.82. The molecule has 36 heavy (non-hydrogen) atoms. The number of nitro benzene ring substituents is 1. The van der Waals surface area contributed by atoms with Crippen molar-refractivity contribution in [2.45, 2.75) is 52.2 Å². The number of carbonyl (C=O) groups excluding carboxylic acids is 2. The summed E-state index contributed by atoms with van der Waals surface area (Å²) in [7, 11) is -4.01. The van der Waals surface area contributed by atoms with Crippen LogP contribution in [0.5, 0.6) is 0 Å². The largest absolute Gasteiger partial charge is 0.352 e. The first-order valence-corrected chi connectivity index (χ1v) is 13.7. The second kappa shape index (κ2) is 12.7. The van der Waals surface area contributed by atoms with Crippen molar-refractivity contribution in [3.63, 3.8) is 0 Å². The zero-order chi connectivity index (χ0) is 27.0. The number of hydrogen-bond acceptors (Lipinski definition) is 6. The van der Waals surface area contributed by atoms with Gasteiger partial charge in [0.1, 0.15) is 12.6 Å². The highest BCUT2D eigenvalue weighted by Gasteiger charge is 2.32. The van der Waals surface area contributed by atoms with Crippen molar-refractivity contribution in [1.29, 1.82) is 0 Å². The van der Waals surface area contributed by atoms with E-state index >= 15 is 0 Å². The summed E-state index contributed by atoms with van der Waals surface area (Å²) in [6.45, 7) is 4.83. The van der Waals surface area contributed by atoms with E-state index in [4.69, 9.17) is 11.6 Å². The Kier molecular flexibility index (Phi) is 10.2. The van der Waals surface area contributed by atoms with Gasteiger partial charge < -0.3 is 10.2 Å². The fourth-order valence-electron chi connectivity index (χ4n) is 3.55. The number of hydrogen-bond donors (Lipinski definition) is 1. The van der Waals surface area contributed by atoms with Crippen LogP contribution in [-0.4, -0.2) is 54.9 Å². The zero-order valence-corrected chi connectivity index (χ0v) is 22.3. The minimum absolute atomic E-state index is 0.0303. The molecule has 1 N–H and O–H groups in total. The van der Waals surface area contributed by atoms with E-state index in [0.29, 0.717) is 17.0 Å². The van der Waals surface area contributed by atoms with Gasteiger partial charge in [-0.25, -0.2) is 8.42 Å². The molecular weight excluding hydrogens is 508 g/mol. The van der Waals surface area contributed by atoms with Crippen molar-refractivity contribution >= 4 is 44.8 Å². The fourth-order valence-corrected chi connectivity index (χ4v) is 4.58. The Balaban J connectivity index is 2.49. The normalized spacial score (nSPS) is 12.9. The molecule has 0 bridgehead atoms. The third-order valence-electron chi connectivity index (χ3n) is 5.69. The smallest absolute Gasteiger partial charge is 0.271 e. The summed E-state index contributed by atoms with van der Waals surface area (Å²) in [5.74, 6) is -1.02. The van der Waals surface area contributed by atoms with E-state index in [0.717, 1.165) is 16.6 Å². The molecule has 2 rings (SSSR count). The minimum Gasteiger partial charge on any atom is -0.352 e. The minimum atomic E-state index is -4.01. The molecule has 2 aromatic rings. The first-order valence-electron chi connectivity index (χ1n) is 11.4. The lowest BCUT2D eigenvalue weighted by atomic mass is 10.1. The Morgan fingerprint density at radius 1 is 1.11 bits per heavy atom. The van der Waals surface area contributed by atoms with E-state index in [1.807, 2.05) is 13.8 Å². The monoisotopic (exact) mass is 538 g/mol. The predicted octanol–water partition coefficient (Wildman–Crippen LogP) is 3.74. The Morgan fingerprint density at radius 3 is 2.33 bits per heavy atom. The van der Waals surface area contributed by atoms with Crippen LogP contribution in [-0.2, 0) is 26.2 Å². The second-order valence-electron chi connectivity index (χ2n) is 8.40. The molecule has 10 nitrogen and oxygen atoms in total. The van der Waals surface area contributed by atoms with E-state index in [2.05, 4.69) is 5.32 Å². The van der Waals surface area contributed by atoms with Crippen LogP contribution in [0.25, 0.3) is 0 Å². The Bertz CT molecular complexity index is 1210. The van der Waals surface area contributed by atoms with Gasteiger partial charge >= 0.3 is 0 Å². The number of halogens is 1. The fraction of sp³-hybridized carbons (Fsp3) is 0.417. The van der Waals surface area contributed by atoms with Crippen LogP contribution in [0, 0.1) is 10.1 Å². The number of nitro groups is 1. The van der Waals surface area contributed by atoms with Crippen molar-refractivity contribution in [1.82, 2.24) is 10.2 Å². The molecule has 0 spiro atoms. The van der Waals surface area contributed by atoms with Crippen LogP contribution in [0.2, 0.25) is 5.02 Å². The number of nitrogens with one attached hydrogen (secondary N) is 1. The number of amides is 2. The number of rotatable bonds is 12. The number of nitrogens with zero attached hydrogens (tertiary/aromatic N) is 3. The van der Waals surface area contributed by atoms with E-state index in [1.165, 1.54) is 23.1 Å². The van der Waals surface area contributed by atoms with Crippen molar-refractivity contribution < 1.29 is 22.9 Å². The molecular formula is C24H31ClN4O6S. The van der Waals surface area contributed by atoms with Crippen LogP contribution in [0.4, 0.5) is 11.4 Å². The number of benzene rings is 2. The SMILES string of the molecule is CC[C@@H](C)NC(=O)[C@@H](CC)N(Cc1ccccc1Cl)C(=O)CN(c1cccc([N+](=O)[O-])c1)S(C)(=O)=O. The van der Waals surface area contributed by atoms with Gasteiger partial charge in [-0.2, -0.15) is 0 Å². The van der Waals surface area contributed by atoms with Gasteiger partial charge in [-0.1, -0.05) is 49.7 Å². The molecule has 0 aliphatic carbocycles. The van der Waals surface area contributed by atoms with Crippen molar-refractivity contribution in [3.05, 3.63) is 69.2 Å². The summed E-state index contributed by atoms with van der Waals surface area (Å²) in [6, 6.07) is 10.9. The molecule has 2 amide bonds. The average molecular weight is 539 g/mol. The summed E-state index contributed by atoms with van der Waals surface area (Å²) < 4.78 is 26.0. The van der Waals surface area contributed by atoms with Crippen LogP contribution in [0.1, 0.15) is 39.2 Å². The van der Waals surface area contributed by atoms with Crippen LogP contribution in [0.15, 0.2) is 48.5 Å². The molecule has 0 aliphatic rings. The van der Waals surface area contributed by atoms with E-state index in [-0.39, 0.29) is 36.3 Å². The summed E-state index contributed by atoms with van der Waals surface area (Å²) in [4.78, 5) is 38.6. The lowest BCUT2D eigenvalue weighted by Crippen LogP contribution is -2.53. The van der Waals surface area contributed by atoms with Crippen LogP contribution in [0.3, 0.4) is 0 Å². The molecule has 0 radical (unpaired) electrons. The maximum Gasteiger partial charge on any atom is 0.271 e. The van der Waals surface area contributed by atoms with E-state index in [1.54, 1.807) is 31.2 Å². The Labute approximate surface area is 216 Å². The quantitative estimate of drug-likeness (QED) is 0.323. The molecule has 0 heterocycles. The molecule has 0 fully saturated rings. The topological polar surface area (TPSA) is 130 Å². The first-order chi connectivity index (χ1) is 16.9. The summed E-state index contributed by atoms with van der Waals surface area (Å²) in [5, 5.41) is 14.5. The molecule has 0 saturated carbocycles. The number of anilines is 1. The van der Waals surface area contributed by atoms with Gasteiger partial charge in [-0.15, -0.1) is 0 Å². The molecule has 0 unspecified atom stereocenters. The highest BCUT2D eigenvalue weighted by Crippen LogP contribution is 2.25. The summed E-state index contributed by atoms with van der Waals surface area (Å²) in [5.41, 5.74) is 0.235. The third-order valence-corrected chi connectivity index (χ3v) is 7.20. The molecule has 0 aliphatic heterocycles. The van der Waals surface area contributed by atoms with Gasteiger partial charge in [0.25, 0.3) is 5.69 Å².